The average Bonchev–Trinajstić information content (AvgIpc) is 2.25. The summed E-state index contributed by atoms with van der Waals surface area (Å²) in [4.78, 5) is 1.82. The Morgan fingerprint density at radius 1 is 1.44 bits per heavy atom. The summed E-state index contributed by atoms with van der Waals surface area (Å²) < 4.78 is 22.0. The van der Waals surface area contributed by atoms with Crippen LogP contribution in [0.1, 0.15) is 5.56 Å². The Labute approximate surface area is 96.0 Å². The number of hydrogen-bond donors (Lipinski definition) is 0. The highest BCUT2D eigenvalue weighted by Crippen LogP contribution is 2.13. The first-order chi connectivity index (χ1) is 7.42. The summed E-state index contributed by atoms with van der Waals surface area (Å²) in [6, 6.07) is 9.14. The molecule has 0 aliphatic rings. The molecule has 1 aromatic carbocycles. The van der Waals surface area contributed by atoms with Crippen molar-refractivity contribution in [1.29, 1.82) is 5.26 Å². The van der Waals surface area contributed by atoms with E-state index in [2.05, 4.69) is 0 Å². The molecule has 0 saturated heterocycles. The third-order valence-electron chi connectivity index (χ3n) is 2.21. The van der Waals surface area contributed by atoms with Gasteiger partial charge in [-0.1, -0.05) is 6.07 Å². The quantitative estimate of drug-likeness (QED) is 0.786. The number of nitriles is 1. The van der Waals surface area contributed by atoms with Crippen LogP contribution in [0, 0.1) is 11.3 Å². The van der Waals surface area contributed by atoms with E-state index >= 15 is 0 Å². The van der Waals surface area contributed by atoms with Gasteiger partial charge in [0.2, 0.25) is 0 Å². The predicted octanol–water partition coefficient (Wildman–Crippen LogP) is 1.04. The van der Waals surface area contributed by atoms with Crippen molar-refractivity contribution in [3.8, 4) is 6.07 Å². The molecule has 0 amide bonds. The van der Waals surface area contributed by atoms with Crippen LogP contribution in [0.15, 0.2) is 24.3 Å². The molecule has 0 unspecified atom stereocenters. The first-order valence-corrected chi connectivity index (χ1v) is 6.87. The molecule has 0 N–H and O–H groups in total. The lowest BCUT2D eigenvalue weighted by molar-refractivity contribution is 0.601. The number of anilines is 1. The van der Waals surface area contributed by atoms with Gasteiger partial charge in [-0.05, 0) is 18.2 Å². The molecule has 0 atom stereocenters. The maximum atomic E-state index is 11.0. The molecule has 1 rings (SSSR count). The molecular weight excluding hydrogens is 224 g/mol. The van der Waals surface area contributed by atoms with Crippen molar-refractivity contribution in [2.75, 3.05) is 30.5 Å². The molecule has 5 heteroatoms. The van der Waals surface area contributed by atoms with E-state index in [4.69, 9.17) is 5.26 Å². The lowest BCUT2D eigenvalue weighted by Crippen LogP contribution is -2.24. The number of hydrogen-bond acceptors (Lipinski definition) is 4. The molecule has 0 aliphatic heterocycles. The Bertz CT molecular complexity index is 503. The van der Waals surface area contributed by atoms with E-state index in [1.54, 1.807) is 18.2 Å². The van der Waals surface area contributed by atoms with Gasteiger partial charge in [-0.3, -0.25) is 0 Å². The fourth-order valence-electron chi connectivity index (χ4n) is 1.24. The second kappa shape index (κ2) is 4.99. The fourth-order valence-corrected chi connectivity index (χ4v) is 1.85. The van der Waals surface area contributed by atoms with Gasteiger partial charge < -0.3 is 4.90 Å². The second-order valence-corrected chi connectivity index (χ2v) is 5.97. The van der Waals surface area contributed by atoms with Crippen LogP contribution in [0.4, 0.5) is 5.69 Å². The molecule has 86 valence electrons. The van der Waals surface area contributed by atoms with Crippen molar-refractivity contribution in [3.63, 3.8) is 0 Å². The lowest BCUT2D eigenvalue weighted by atomic mass is 10.2. The van der Waals surface area contributed by atoms with E-state index in [9.17, 15) is 8.42 Å². The zero-order valence-corrected chi connectivity index (χ0v) is 10.2. The molecule has 0 aromatic heterocycles. The minimum Gasteiger partial charge on any atom is -0.374 e. The molecule has 0 fully saturated rings. The van der Waals surface area contributed by atoms with Crippen molar-refractivity contribution >= 4 is 15.5 Å². The standard InChI is InChI=1S/C11H14N2O2S/c1-13(6-7-16(2,14)15)11-5-3-4-10(8-11)9-12/h3-5,8H,6-7H2,1-2H3. The normalized spacial score (nSPS) is 10.8. The van der Waals surface area contributed by atoms with Crippen molar-refractivity contribution in [2.45, 2.75) is 0 Å². The third kappa shape index (κ3) is 3.91. The lowest BCUT2D eigenvalue weighted by Gasteiger charge is -2.18. The molecular formula is C11H14N2O2S. The van der Waals surface area contributed by atoms with E-state index in [0.29, 0.717) is 12.1 Å². The summed E-state index contributed by atoms with van der Waals surface area (Å²) in [7, 11) is -1.14. The average molecular weight is 238 g/mol. The SMILES string of the molecule is CN(CCS(C)(=O)=O)c1cccc(C#N)c1. The molecule has 0 heterocycles. The Balaban J connectivity index is 2.74. The maximum Gasteiger partial charge on any atom is 0.149 e. The molecule has 0 spiro atoms. The van der Waals surface area contributed by atoms with Crippen LogP contribution in [0.3, 0.4) is 0 Å². The van der Waals surface area contributed by atoms with Crippen LogP contribution in [-0.4, -0.2) is 34.0 Å². The molecule has 16 heavy (non-hydrogen) atoms. The summed E-state index contributed by atoms with van der Waals surface area (Å²) in [6.07, 6.45) is 1.21. The molecule has 4 nitrogen and oxygen atoms in total. The van der Waals surface area contributed by atoms with Gasteiger partial charge in [0.25, 0.3) is 0 Å². The predicted molar refractivity (Wildman–Crippen MR) is 64.1 cm³/mol. The minimum absolute atomic E-state index is 0.111. The van der Waals surface area contributed by atoms with E-state index in [1.165, 1.54) is 6.26 Å². The Kier molecular flexibility index (Phi) is 3.91. The molecule has 0 bridgehead atoms. The molecule has 0 saturated carbocycles. The van der Waals surface area contributed by atoms with Crippen LogP contribution in [0.2, 0.25) is 0 Å². The van der Waals surface area contributed by atoms with Gasteiger partial charge in [0.1, 0.15) is 9.84 Å². The van der Waals surface area contributed by atoms with Crippen molar-refractivity contribution in [1.82, 2.24) is 0 Å². The van der Waals surface area contributed by atoms with Crippen LogP contribution >= 0.6 is 0 Å². The van der Waals surface area contributed by atoms with Gasteiger partial charge in [-0.15, -0.1) is 0 Å². The van der Waals surface area contributed by atoms with Crippen molar-refractivity contribution < 1.29 is 8.42 Å². The Hall–Kier alpha value is -1.54. The van der Waals surface area contributed by atoms with E-state index in [0.717, 1.165) is 5.69 Å². The summed E-state index contributed by atoms with van der Waals surface area (Å²) in [5.74, 6) is 0.111. The highest BCUT2D eigenvalue weighted by Gasteiger charge is 2.06. The summed E-state index contributed by atoms with van der Waals surface area (Å²) in [5.41, 5.74) is 1.42. The first kappa shape index (κ1) is 12.5. The van der Waals surface area contributed by atoms with Gasteiger partial charge in [0.15, 0.2) is 0 Å². The van der Waals surface area contributed by atoms with E-state index < -0.39 is 9.84 Å². The maximum absolute atomic E-state index is 11.0. The fraction of sp³-hybridized carbons (Fsp3) is 0.364. The molecule has 0 aliphatic carbocycles. The monoisotopic (exact) mass is 238 g/mol. The van der Waals surface area contributed by atoms with Crippen LogP contribution in [0.25, 0.3) is 0 Å². The first-order valence-electron chi connectivity index (χ1n) is 4.81. The topological polar surface area (TPSA) is 61.2 Å². The zero-order valence-electron chi connectivity index (χ0n) is 9.34. The second-order valence-electron chi connectivity index (χ2n) is 3.71. The summed E-state index contributed by atoms with van der Waals surface area (Å²) >= 11 is 0. The largest absolute Gasteiger partial charge is 0.374 e. The zero-order chi connectivity index (χ0) is 12.2. The Morgan fingerprint density at radius 3 is 2.69 bits per heavy atom. The van der Waals surface area contributed by atoms with Gasteiger partial charge in [0, 0.05) is 25.5 Å². The van der Waals surface area contributed by atoms with Gasteiger partial charge in [-0.25, -0.2) is 8.42 Å². The van der Waals surface area contributed by atoms with Crippen molar-refractivity contribution in [2.24, 2.45) is 0 Å². The highest BCUT2D eigenvalue weighted by molar-refractivity contribution is 7.90. The van der Waals surface area contributed by atoms with Gasteiger partial charge in [0.05, 0.1) is 17.4 Å². The summed E-state index contributed by atoms with van der Waals surface area (Å²) in [6.45, 7) is 0.424. The number of nitrogens with zero attached hydrogens (tertiary/aromatic N) is 2. The summed E-state index contributed by atoms with van der Waals surface area (Å²) in [5, 5.41) is 8.74. The molecule has 0 radical (unpaired) electrons. The smallest absolute Gasteiger partial charge is 0.149 e. The number of benzene rings is 1. The van der Waals surface area contributed by atoms with Crippen LogP contribution in [0.5, 0.6) is 0 Å². The number of rotatable bonds is 4. The third-order valence-corrected chi connectivity index (χ3v) is 3.14. The van der Waals surface area contributed by atoms with Crippen molar-refractivity contribution in [3.05, 3.63) is 29.8 Å². The molecule has 1 aromatic rings. The van der Waals surface area contributed by atoms with Gasteiger partial charge in [-0.2, -0.15) is 5.26 Å². The minimum atomic E-state index is -2.95. The Morgan fingerprint density at radius 2 is 2.12 bits per heavy atom. The van der Waals surface area contributed by atoms with Crippen LogP contribution in [-0.2, 0) is 9.84 Å². The van der Waals surface area contributed by atoms with Gasteiger partial charge >= 0.3 is 0 Å². The van der Waals surface area contributed by atoms with Crippen LogP contribution < -0.4 is 4.90 Å². The van der Waals surface area contributed by atoms with E-state index in [1.807, 2.05) is 24.1 Å². The number of sulfone groups is 1. The van der Waals surface area contributed by atoms with E-state index in [-0.39, 0.29) is 5.75 Å². The highest BCUT2D eigenvalue weighted by atomic mass is 32.2.